The van der Waals surface area contributed by atoms with Crippen LogP contribution in [0.1, 0.15) is 33.6 Å². The summed E-state index contributed by atoms with van der Waals surface area (Å²) in [5, 5.41) is 13.8. The summed E-state index contributed by atoms with van der Waals surface area (Å²) >= 11 is 7.06. The lowest BCUT2D eigenvalue weighted by Gasteiger charge is -2.22. The van der Waals surface area contributed by atoms with Gasteiger partial charge in [0.15, 0.2) is 0 Å². The van der Waals surface area contributed by atoms with E-state index in [-0.39, 0.29) is 17.2 Å². The van der Waals surface area contributed by atoms with Crippen molar-refractivity contribution in [1.82, 2.24) is 0 Å². The fraction of sp³-hybridized carbons (Fsp3) is 0.208. The van der Waals surface area contributed by atoms with Gasteiger partial charge in [-0.25, -0.2) is 4.79 Å². The molecule has 1 heterocycles. The molecule has 32 heavy (non-hydrogen) atoms. The summed E-state index contributed by atoms with van der Waals surface area (Å²) in [6.07, 6.45) is 6.34. The molecular weight excluding hydrogens is 465 g/mol. The molecule has 3 rings (SSSR count). The molecule has 0 spiro atoms. The minimum atomic E-state index is -3.64. The van der Waals surface area contributed by atoms with Gasteiger partial charge in [0.1, 0.15) is 4.88 Å². The van der Waals surface area contributed by atoms with E-state index in [1.54, 1.807) is 24.3 Å². The van der Waals surface area contributed by atoms with E-state index in [2.05, 4.69) is 11.0 Å². The third kappa shape index (κ3) is 5.62. The number of hydrogen-bond donors (Lipinski definition) is 2. The van der Waals surface area contributed by atoms with Crippen LogP contribution in [0.25, 0.3) is 10.4 Å². The number of hydrogen-bond acceptors (Lipinski definition) is 4. The Hall–Kier alpha value is -2.55. The number of carboxylic acids is 1. The Labute approximate surface area is 196 Å². The number of nitrogens with one attached hydrogen (secondary N) is 1. The summed E-state index contributed by atoms with van der Waals surface area (Å²) in [6, 6.07) is 14.3. The van der Waals surface area contributed by atoms with Crippen LogP contribution in [0.2, 0.25) is 5.02 Å². The first-order valence-electron chi connectivity index (χ1n) is 9.90. The fourth-order valence-corrected chi connectivity index (χ4v) is 6.38. The Kier molecular flexibility index (Phi) is 7.82. The molecule has 0 amide bonds. The highest BCUT2D eigenvalue weighted by Gasteiger charge is 2.31. The van der Waals surface area contributed by atoms with E-state index in [9.17, 15) is 14.5 Å². The number of thiophene rings is 1. The van der Waals surface area contributed by atoms with Crippen molar-refractivity contribution in [3.8, 4) is 22.8 Å². The molecule has 0 aliphatic heterocycles. The van der Waals surface area contributed by atoms with E-state index in [0.717, 1.165) is 28.0 Å². The van der Waals surface area contributed by atoms with Crippen LogP contribution in [0.15, 0.2) is 48.5 Å². The van der Waals surface area contributed by atoms with E-state index in [1.165, 1.54) is 0 Å². The van der Waals surface area contributed by atoms with Crippen molar-refractivity contribution >= 4 is 47.4 Å². The molecule has 0 aliphatic carbocycles. The molecule has 166 valence electrons. The average Bonchev–Trinajstić information content (AvgIpc) is 3.15. The fourth-order valence-electron chi connectivity index (χ4n) is 3.21. The van der Waals surface area contributed by atoms with Gasteiger partial charge in [-0.3, -0.25) is 4.57 Å². The standard InChI is InChI=1S/C24H23ClNO4PS/c1-4-5-6-13-30-31(29,21-12-7-16(2)14-17(21)3)26-20-15-22(32-23(20)24(27)28)18-8-10-19(25)11-9-18/h1,7-12,14-15H,5-6,13H2,2-3H3,(H,26,29)(H,27,28). The first-order chi connectivity index (χ1) is 15.2. The van der Waals surface area contributed by atoms with E-state index < -0.39 is 13.5 Å². The Morgan fingerprint density at radius 2 is 1.94 bits per heavy atom. The van der Waals surface area contributed by atoms with Gasteiger partial charge in [0, 0.05) is 16.3 Å². The molecule has 5 nitrogen and oxygen atoms in total. The summed E-state index contributed by atoms with van der Waals surface area (Å²) in [6.45, 7) is 3.98. The van der Waals surface area contributed by atoms with Gasteiger partial charge < -0.3 is 14.7 Å². The molecule has 1 atom stereocenters. The highest BCUT2D eigenvalue weighted by atomic mass is 35.5. The Balaban J connectivity index is 2.03. The average molecular weight is 488 g/mol. The van der Waals surface area contributed by atoms with Crippen molar-refractivity contribution in [2.24, 2.45) is 0 Å². The highest BCUT2D eigenvalue weighted by Crippen LogP contribution is 2.49. The smallest absolute Gasteiger partial charge is 0.348 e. The van der Waals surface area contributed by atoms with Crippen molar-refractivity contribution in [3.05, 3.63) is 69.6 Å². The quantitative estimate of drug-likeness (QED) is 0.198. The van der Waals surface area contributed by atoms with Gasteiger partial charge in [0.2, 0.25) is 0 Å². The first-order valence-corrected chi connectivity index (χ1v) is 12.7. The Morgan fingerprint density at radius 3 is 2.56 bits per heavy atom. The molecule has 0 saturated heterocycles. The zero-order valence-electron chi connectivity index (χ0n) is 17.7. The number of carbonyl (C=O) groups is 1. The first kappa shape index (κ1) is 24.1. The van der Waals surface area contributed by atoms with Crippen LogP contribution in [-0.4, -0.2) is 17.7 Å². The molecule has 1 unspecified atom stereocenters. The number of aryl methyl sites for hydroxylation is 2. The second-order valence-corrected chi connectivity index (χ2v) is 10.8. The lowest BCUT2D eigenvalue weighted by atomic mass is 10.2. The largest absolute Gasteiger partial charge is 0.477 e. The van der Waals surface area contributed by atoms with Crippen LogP contribution in [0.3, 0.4) is 0 Å². The molecule has 8 heteroatoms. The maximum Gasteiger partial charge on any atom is 0.348 e. The predicted octanol–water partition coefficient (Wildman–Crippen LogP) is 6.74. The number of unbranched alkanes of at least 4 members (excludes halogenated alkanes) is 1. The monoisotopic (exact) mass is 487 g/mol. The summed E-state index contributed by atoms with van der Waals surface area (Å²) < 4.78 is 19.9. The van der Waals surface area contributed by atoms with E-state index >= 15 is 0 Å². The van der Waals surface area contributed by atoms with Gasteiger partial charge in [0.25, 0.3) is 0 Å². The molecule has 0 fully saturated rings. The minimum absolute atomic E-state index is 0.0483. The third-order valence-electron chi connectivity index (χ3n) is 4.73. The number of carboxylic acid groups (broad SMARTS) is 1. The van der Waals surface area contributed by atoms with Crippen molar-refractivity contribution in [1.29, 1.82) is 0 Å². The number of halogens is 1. The molecule has 0 radical (unpaired) electrons. The number of anilines is 1. The normalized spacial score (nSPS) is 12.7. The molecule has 2 N–H and O–H groups in total. The van der Waals surface area contributed by atoms with Gasteiger partial charge >= 0.3 is 13.5 Å². The van der Waals surface area contributed by atoms with Crippen LogP contribution in [0.4, 0.5) is 5.69 Å². The number of aromatic carboxylic acids is 1. The maximum atomic E-state index is 14.1. The van der Waals surface area contributed by atoms with Gasteiger partial charge in [-0.2, -0.15) is 0 Å². The van der Waals surface area contributed by atoms with Crippen LogP contribution >= 0.6 is 30.5 Å². The van der Waals surface area contributed by atoms with Crippen molar-refractivity contribution in [3.63, 3.8) is 0 Å². The molecule has 0 aliphatic rings. The van der Waals surface area contributed by atoms with Crippen LogP contribution in [0, 0.1) is 26.2 Å². The van der Waals surface area contributed by atoms with E-state index in [4.69, 9.17) is 22.5 Å². The van der Waals surface area contributed by atoms with Crippen LogP contribution < -0.4 is 10.4 Å². The van der Waals surface area contributed by atoms with Gasteiger partial charge in [0.05, 0.1) is 17.6 Å². The lowest BCUT2D eigenvalue weighted by molar-refractivity contribution is 0.0703. The lowest BCUT2D eigenvalue weighted by Crippen LogP contribution is -2.18. The number of rotatable bonds is 9. The van der Waals surface area contributed by atoms with Gasteiger partial charge in [-0.1, -0.05) is 41.4 Å². The molecule has 3 aromatic rings. The predicted molar refractivity (Wildman–Crippen MR) is 133 cm³/mol. The molecule has 0 saturated carbocycles. The summed E-state index contributed by atoms with van der Waals surface area (Å²) in [5.74, 6) is 1.42. The maximum absolute atomic E-state index is 14.1. The molecule has 1 aromatic heterocycles. The van der Waals surface area contributed by atoms with Gasteiger partial charge in [-0.05, 0) is 55.7 Å². The molecular formula is C24H23ClNO4PS. The summed E-state index contributed by atoms with van der Waals surface area (Å²) in [4.78, 5) is 12.7. The summed E-state index contributed by atoms with van der Waals surface area (Å²) in [5.41, 5.74) is 2.87. The second-order valence-electron chi connectivity index (χ2n) is 7.26. The van der Waals surface area contributed by atoms with Crippen LogP contribution in [0.5, 0.6) is 0 Å². The molecule has 0 bridgehead atoms. The third-order valence-corrected chi connectivity index (χ3v) is 8.37. The van der Waals surface area contributed by atoms with Crippen molar-refractivity contribution < 1.29 is 19.0 Å². The number of benzene rings is 2. The highest BCUT2D eigenvalue weighted by molar-refractivity contribution is 7.68. The van der Waals surface area contributed by atoms with Crippen LogP contribution in [-0.2, 0) is 9.09 Å². The van der Waals surface area contributed by atoms with Gasteiger partial charge in [-0.15, -0.1) is 23.7 Å². The Bertz CT molecular complexity index is 1210. The number of terminal acetylenes is 1. The zero-order valence-corrected chi connectivity index (χ0v) is 20.2. The van der Waals surface area contributed by atoms with Crippen molar-refractivity contribution in [2.75, 3.05) is 11.7 Å². The summed E-state index contributed by atoms with van der Waals surface area (Å²) in [7, 11) is -3.64. The Morgan fingerprint density at radius 1 is 1.22 bits per heavy atom. The van der Waals surface area contributed by atoms with Crippen molar-refractivity contribution in [2.45, 2.75) is 26.7 Å². The topological polar surface area (TPSA) is 75.6 Å². The zero-order chi connectivity index (χ0) is 23.3. The SMILES string of the molecule is C#CCCCOP(=O)(Nc1cc(-c2ccc(Cl)cc2)sc1C(=O)O)c1ccc(C)cc1C. The van der Waals surface area contributed by atoms with E-state index in [0.29, 0.717) is 28.0 Å². The molecule has 2 aromatic carbocycles. The minimum Gasteiger partial charge on any atom is -0.477 e. The van der Waals surface area contributed by atoms with E-state index in [1.807, 2.05) is 38.1 Å². The second kappa shape index (κ2) is 10.4.